The summed E-state index contributed by atoms with van der Waals surface area (Å²) in [5.41, 5.74) is -0.131. The molecule has 2 amide bonds. The summed E-state index contributed by atoms with van der Waals surface area (Å²) in [6, 6.07) is 5.54. The number of esters is 1. The van der Waals surface area contributed by atoms with Gasteiger partial charge in [0.2, 0.25) is 5.91 Å². The molecule has 1 heterocycles. The normalized spacial score (nSPS) is 17.3. The van der Waals surface area contributed by atoms with Crippen LogP contribution in [0.3, 0.4) is 0 Å². The predicted octanol–water partition coefficient (Wildman–Crippen LogP) is 3.93. The van der Waals surface area contributed by atoms with E-state index in [9.17, 15) is 18.9 Å². The number of amides is 2. The van der Waals surface area contributed by atoms with Crippen LogP contribution in [0.15, 0.2) is 24.3 Å². The molecular weight excluding hydrogens is 409 g/mol. The Morgan fingerprint density at radius 3 is 2.30 bits per heavy atom. The minimum atomic E-state index is -3.46. The van der Waals surface area contributed by atoms with E-state index >= 15 is 0 Å². The maximum Gasteiger partial charge on any atom is 0.335 e. The zero-order chi connectivity index (χ0) is 22.5. The average molecular weight is 439 g/mol. The molecule has 9 heteroatoms. The first-order valence-electron chi connectivity index (χ1n) is 10.1. The third-order valence-electron chi connectivity index (χ3n) is 4.37. The number of carbonyl (C=O) groups excluding carboxylic acids is 3. The third-order valence-corrected chi connectivity index (χ3v) is 6.40. The van der Waals surface area contributed by atoms with Crippen molar-refractivity contribution in [2.45, 2.75) is 65.3 Å². The molecule has 1 aromatic carbocycles. The lowest BCUT2D eigenvalue weighted by Crippen LogP contribution is -2.45. The maximum absolute atomic E-state index is 13.3. The van der Waals surface area contributed by atoms with E-state index in [0.717, 1.165) is 4.90 Å². The van der Waals surface area contributed by atoms with E-state index in [-0.39, 0.29) is 37.8 Å². The molecule has 0 spiro atoms. The number of benzene rings is 1. The Hall–Kier alpha value is -2.02. The van der Waals surface area contributed by atoms with Crippen molar-refractivity contribution in [2.24, 2.45) is 0 Å². The Morgan fingerprint density at radius 1 is 1.13 bits per heavy atom. The number of hydrogen-bond donors (Lipinski definition) is 0. The minimum Gasteiger partial charge on any atom is -0.458 e. The van der Waals surface area contributed by atoms with Gasteiger partial charge in [0.15, 0.2) is 0 Å². The quantitative estimate of drug-likeness (QED) is 0.344. The van der Waals surface area contributed by atoms with E-state index in [1.165, 1.54) is 6.07 Å². The largest absolute Gasteiger partial charge is 0.458 e. The molecule has 1 fully saturated rings. The number of imide groups is 1. The van der Waals surface area contributed by atoms with Crippen molar-refractivity contribution in [1.82, 2.24) is 4.90 Å². The molecule has 0 saturated carbocycles. The van der Waals surface area contributed by atoms with Gasteiger partial charge in [0.1, 0.15) is 11.6 Å². The average Bonchev–Trinajstić information content (AvgIpc) is 3.02. The summed E-state index contributed by atoms with van der Waals surface area (Å²) in [6.45, 7) is 8.97. The molecule has 1 aliphatic rings. The monoisotopic (exact) mass is 439 g/mol. The van der Waals surface area contributed by atoms with Crippen LogP contribution in [0.1, 0.15) is 63.4 Å². The van der Waals surface area contributed by atoms with Crippen LogP contribution < -0.4 is 0 Å². The van der Waals surface area contributed by atoms with Crippen LogP contribution in [-0.2, 0) is 34.1 Å². The fourth-order valence-electron chi connectivity index (χ4n) is 3.26. The van der Waals surface area contributed by atoms with Crippen molar-refractivity contribution in [3.63, 3.8) is 0 Å². The van der Waals surface area contributed by atoms with E-state index in [1.54, 1.807) is 52.8 Å². The third kappa shape index (κ3) is 6.00. The molecule has 0 N–H and O–H groups in total. The van der Waals surface area contributed by atoms with E-state index in [2.05, 4.69) is 0 Å². The van der Waals surface area contributed by atoms with Gasteiger partial charge in [-0.2, -0.15) is 0 Å². The molecule has 1 unspecified atom stereocenters. The highest BCUT2D eigenvalue weighted by Gasteiger charge is 2.43. The van der Waals surface area contributed by atoms with Gasteiger partial charge in [-0.1, -0.05) is 18.2 Å². The van der Waals surface area contributed by atoms with Crippen LogP contribution in [0.4, 0.5) is 0 Å². The molecule has 0 bridgehead atoms. The van der Waals surface area contributed by atoms with Crippen molar-refractivity contribution in [3.05, 3.63) is 35.4 Å². The fourth-order valence-corrected chi connectivity index (χ4v) is 5.00. The molecule has 1 atom stereocenters. The Bertz CT molecular complexity index is 836. The lowest BCUT2D eigenvalue weighted by molar-refractivity contribution is -0.160. The Morgan fingerprint density at radius 2 is 1.73 bits per heavy atom. The van der Waals surface area contributed by atoms with Crippen LogP contribution in [-0.4, -0.2) is 47.5 Å². The molecule has 0 aliphatic carbocycles. The summed E-state index contributed by atoms with van der Waals surface area (Å²) in [7, 11) is -3.46. The SMILES string of the molecule is CCOP(=O)(Cc1ccccc1C(=O)N1C(=O)CCC1C(=O)OC(C)(C)C)OCC. The number of rotatable bonds is 8. The van der Waals surface area contributed by atoms with Gasteiger partial charge in [-0.15, -0.1) is 0 Å². The Kier molecular flexibility index (Phi) is 7.97. The lowest BCUT2D eigenvalue weighted by atomic mass is 10.1. The first kappa shape index (κ1) is 24.3. The van der Waals surface area contributed by atoms with E-state index in [0.29, 0.717) is 5.56 Å². The number of likely N-dealkylation sites (tertiary alicyclic amines) is 1. The van der Waals surface area contributed by atoms with E-state index < -0.39 is 37.0 Å². The van der Waals surface area contributed by atoms with Crippen LogP contribution in [0.25, 0.3) is 0 Å². The molecular formula is C21H30NO7P. The van der Waals surface area contributed by atoms with Crippen LogP contribution in [0.2, 0.25) is 0 Å². The van der Waals surface area contributed by atoms with Gasteiger partial charge in [0.25, 0.3) is 5.91 Å². The van der Waals surface area contributed by atoms with Crippen molar-refractivity contribution >= 4 is 25.4 Å². The topological polar surface area (TPSA) is 99.2 Å². The lowest BCUT2D eigenvalue weighted by Gasteiger charge is -2.27. The molecule has 2 rings (SSSR count). The standard InChI is InChI=1S/C21H30NO7P/c1-6-27-30(26,28-7-2)14-15-10-8-9-11-16(15)19(24)22-17(12-13-18(22)23)20(25)29-21(3,4)5/h8-11,17H,6-7,12-14H2,1-5H3. The number of hydrogen-bond acceptors (Lipinski definition) is 7. The summed E-state index contributed by atoms with van der Waals surface area (Å²) >= 11 is 0. The van der Waals surface area contributed by atoms with E-state index in [1.807, 2.05) is 0 Å². The summed E-state index contributed by atoms with van der Waals surface area (Å²) in [4.78, 5) is 39.3. The Balaban J connectivity index is 2.35. The molecule has 8 nitrogen and oxygen atoms in total. The first-order valence-corrected chi connectivity index (χ1v) is 11.8. The fraction of sp³-hybridized carbons (Fsp3) is 0.571. The number of nitrogens with zero attached hydrogens (tertiary/aromatic N) is 1. The van der Waals surface area contributed by atoms with Gasteiger partial charge in [-0.3, -0.25) is 19.1 Å². The van der Waals surface area contributed by atoms with Crippen molar-refractivity contribution in [1.29, 1.82) is 0 Å². The van der Waals surface area contributed by atoms with E-state index in [4.69, 9.17) is 13.8 Å². The molecule has 0 radical (unpaired) electrons. The Labute approximate surface area is 177 Å². The zero-order valence-electron chi connectivity index (χ0n) is 18.2. The van der Waals surface area contributed by atoms with Gasteiger partial charge in [0, 0.05) is 12.0 Å². The highest BCUT2D eigenvalue weighted by molar-refractivity contribution is 7.53. The number of carbonyl (C=O) groups is 3. The van der Waals surface area contributed by atoms with Crippen LogP contribution in [0.5, 0.6) is 0 Å². The summed E-state index contributed by atoms with van der Waals surface area (Å²) < 4.78 is 29.0. The van der Waals surface area contributed by atoms with Gasteiger partial charge in [0.05, 0.1) is 19.4 Å². The number of ether oxygens (including phenoxy) is 1. The first-order chi connectivity index (χ1) is 14.0. The second kappa shape index (κ2) is 9.86. The zero-order valence-corrected chi connectivity index (χ0v) is 19.1. The smallest absolute Gasteiger partial charge is 0.335 e. The summed E-state index contributed by atoms with van der Waals surface area (Å²) in [5, 5.41) is 0. The molecule has 30 heavy (non-hydrogen) atoms. The molecule has 166 valence electrons. The van der Waals surface area contributed by atoms with Gasteiger partial charge >= 0.3 is 13.6 Å². The molecule has 1 saturated heterocycles. The highest BCUT2D eigenvalue weighted by atomic mass is 31.2. The van der Waals surface area contributed by atoms with Crippen molar-refractivity contribution in [3.8, 4) is 0 Å². The van der Waals surface area contributed by atoms with Gasteiger partial charge < -0.3 is 13.8 Å². The minimum absolute atomic E-state index is 0.0776. The summed E-state index contributed by atoms with van der Waals surface area (Å²) in [6.07, 6.45) is 0.169. The second-order valence-corrected chi connectivity index (χ2v) is 9.97. The molecule has 0 aromatic heterocycles. The molecule has 1 aromatic rings. The predicted molar refractivity (Wildman–Crippen MR) is 111 cm³/mol. The van der Waals surface area contributed by atoms with Crippen LogP contribution in [0, 0.1) is 0 Å². The van der Waals surface area contributed by atoms with Gasteiger partial charge in [-0.05, 0) is 52.7 Å². The summed E-state index contributed by atoms with van der Waals surface area (Å²) in [5.74, 6) is -1.68. The van der Waals surface area contributed by atoms with Crippen LogP contribution >= 0.6 is 7.60 Å². The molecule has 1 aliphatic heterocycles. The highest BCUT2D eigenvalue weighted by Crippen LogP contribution is 2.51. The maximum atomic E-state index is 13.3. The van der Waals surface area contributed by atoms with Gasteiger partial charge in [-0.25, -0.2) is 4.79 Å². The van der Waals surface area contributed by atoms with Crippen molar-refractivity contribution in [2.75, 3.05) is 13.2 Å². The van der Waals surface area contributed by atoms with Crippen molar-refractivity contribution < 1.29 is 32.7 Å². The second-order valence-electron chi connectivity index (χ2n) is 7.92.